The van der Waals surface area contributed by atoms with Gasteiger partial charge in [-0.15, -0.1) is 0 Å². The second kappa shape index (κ2) is 13.8. The Balaban J connectivity index is 1.87. The van der Waals surface area contributed by atoms with Crippen molar-refractivity contribution in [1.29, 1.82) is 0 Å². The van der Waals surface area contributed by atoms with Gasteiger partial charge in [0.1, 0.15) is 0 Å². The molecule has 0 atom stereocenters. The monoisotopic (exact) mass is 312 g/mol. The van der Waals surface area contributed by atoms with Crippen LogP contribution in [0.3, 0.4) is 0 Å². The highest BCUT2D eigenvalue weighted by atomic mass is 16.5. The third kappa shape index (κ3) is 10.9. The fraction of sp³-hybridized carbons (Fsp3) is 0.941. The molecule has 3 N–H and O–H groups in total. The number of morpholine rings is 1. The van der Waals surface area contributed by atoms with Crippen molar-refractivity contribution in [3.05, 3.63) is 0 Å². The lowest BCUT2D eigenvalue weighted by Crippen LogP contribution is -2.37. The molecule has 0 unspecified atom stereocenters. The number of nitrogens with two attached hydrogens (primary N) is 1. The molecule has 0 bridgehead atoms. The lowest BCUT2D eigenvalue weighted by Gasteiger charge is -2.26. The van der Waals surface area contributed by atoms with E-state index in [-0.39, 0.29) is 0 Å². The Morgan fingerprint density at radius 1 is 1.05 bits per heavy atom. The number of unbranched alkanes of at least 4 members (excludes halogenated alkanes) is 6. The van der Waals surface area contributed by atoms with Crippen LogP contribution in [0.15, 0.2) is 4.99 Å². The van der Waals surface area contributed by atoms with Gasteiger partial charge in [-0.05, 0) is 25.8 Å². The van der Waals surface area contributed by atoms with E-state index in [4.69, 9.17) is 10.5 Å². The van der Waals surface area contributed by atoms with Gasteiger partial charge in [0.25, 0.3) is 0 Å². The van der Waals surface area contributed by atoms with Gasteiger partial charge in [-0.3, -0.25) is 9.89 Å². The summed E-state index contributed by atoms with van der Waals surface area (Å²) in [6, 6.07) is 0. The average molecular weight is 313 g/mol. The fourth-order valence-corrected chi connectivity index (χ4v) is 2.65. The lowest BCUT2D eigenvalue weighted by molar-refractivity contribution is 0.0372. The van der Waals surface area contributed by atoms with Gasteiger partial charge in [-0.25, -0.2) is 0 Å². The summed E-state index contributed by atoms with van der Waals surface area (Å²) in [4.78, 5) is 6.86. The smallest absolute Gasteiger partial charge is 0.188 e. The van der Waals surface area contributed by atoms with Crippen LogP contribution in [0.25, 0.3) is 0 Å². The van der Waals surface area contributed by atoms with Crippen LogP contribution in [0.5, 0.6) is 0 Å². The van der Waals surface area contributed by atoms with Crippen LogP contribution in [-0.4, -0.2) is 56.8 Å². The van der Waals surface area contributed by atoms with E-state index in [1.165, 1.54) is 45.1 Å². The molecule has 5 nitrogen and oxygen atoms in total. The predicted molar refractivity (Wildman–Crippen MR) is 94.4 cm³/mol. The zero-order valence-corrected chi connectivity index (χ0v) is 14.5. The molecule has 1 fully saturated rings. The third-order valence-electron chi connectivity index (χ3n) is 4.10. The number of nitrogens with zero attached hydrogens (tertiary/aromatic N) is 2. The van der Waals surface area contributed by atoms with Crippen LogP contribution in [0, 0.1) is 0 Å². The lowest BCUT2D eigenvalue weighted by atomic mass is 10.1. The summed E-state index contributed by atoms with van der Waals surface area (Å²) < 4.78 is 5.35. The number of guanidine groups is 1. The molecule has 1 aliphatic rings. The average Bonchev–Trinajstić information content (AvgIpc) is 2.54. The van der Waals surface area contributed by atoms with E-state index in [0.29, 0.717) is 5.96 Å². The van der Waals surface area contributed by atoms with E-state index in [9.17, 15) is 0 Å². The second-order valence-electron chi connectivity index (χ2n) is 6.12. The predicted octanol–water partition coefficient (Wildman–Crippen LogP) is 2.36. The quantitative estimate of drug-likeness (QED) is 0.330. The minimum Gasteiger partial charge on any atom is -0.379 e. The largest absolute Gasteiger partial charge is 0.379 e. The van der Waals surface area contributed by atoms with E-state index in [1.54, 1.807) is 0 Å². The summed E-state index contributed by atoms with van der Waals surface area (Å²) in [6.07, 6.45) is 10.1. The van der Waals surface area contributed by atoms with Gasteiger partial charge in [-0.1, -0.05) is 39.0 Å². The highest BCUT2D eigenvalue weighted by Crippen LogP contribution is 2.04. The van der Waals surface area contributed by atoms with Gasteiger partial charge in [0.05, 0.1) is 13.2 Å². The first-order chi connectivity index (χ1) is 10.8. The maximum Gasteiger partial charge on any atom is 0.188 e. The zero-order valence-electron chi connectivity index (χ0n) is 14.5. The van der Waals surface area contributed by atoms with Gasteiger partial charge in [0, 0.05) is 26.2 Å². The Kier molecular flexibility index (Phi) is 12.1. The van der Waals surface area contributed by atoms with Gasteiger partial charge in [0.2, 0.25) is 0 Å². The molecule has 0 spiro atoms. The maximum atomic E-state index is 5.87. The van der Waals surface area contributed by atoms with Crippen LogP contribution < -0.4 is 11.1 Å². The molecule has 0 saturated carbocycles. The molecule has 0 aromatic heterocycles. The Morgan fingerprint density at radius 2 is 1.77 bits per heavy atom. The Hall–Kier alpha value is -0.810. The minimum absolute atomic E-state index is 0.611. The number of hydrogen-bond acceptors (Lipinski definition) is 3. The van der Waals surface area contributed by atoms with Gasteiger partial charge < -0.3 is 15.8 Å². The van der Waals surface area contributed by atoms with Crippen molar-refractivity contribution in [2.24, 2.45) is 10.7 Å². The Labute approximate surface area is 136 Å². The van der Waals surface area contributed by atoms with Gasteiger partial charge in [0.15, 0.2) is 5.96 Å². The topological polar surface area (TPSA) is 62.9 Å². The number of aliphatic imine (C=N–C) groups is 1. The van der Waals surface area contributed by atoms with E-state index < -0.39 is 0 Å². The number of nitrogens with one attached hydrogen (secondary N) is 1. The summed E-state index contributed by atoms with van der Waals surface area (Å²) in [5.41, 5.74) is 5.87. The Bertz CT molecular complexity index is 278. The number of ether oxygens (including phenoxy) is 1. The van der Waals surface area contributed by atoms with Crippen LogP contribution in [0.1, 0.15) is 58.3 Å². The summed E-state index contributed by atoms with van der Waals surface area (Å²) in [6.45, 7) is 9.13. The molecule has 0 radical (unpaired) electrons. The highest BCUT2D eigenvalue weighted by molar-refractivity contribution is 5.77. The summed E-state index contributed by atoms with van der Waals surface area (Å²) in [5, 5.41) is 3.22. The summed E-state index contributed by atoms with van der Waals surface area (Å²) in [5.74, 6) is 0.611. The summed E-state index contributed by atoms with van der Waals surface area (Å²) in [7, 11) is 0. The normalized spacial score (nSPS) is 16.9. The van der Waals surface area contributed by atoms with Crippen molar-refractivity contribution in [2.75, 3.05) is 45.9 Å². The van der Waals surface area contributed by atoms with Gasteiger partial charge >= 0.3 is 0 Å². The van der Waals surface area contributed by atoms with Crippen LogP contribution >= 0.6 is 0 Å². The zero-order chi connectivity index (χ0) is 15.9. The molecular weight excluding hydrogens is 276 g/mol. The maximum absolute atomic E-state index is 5.87. The van der Waals surface area contributed by atoms with Crippen molar-refractivity contribution < 1.29 is 4.74 Å². The van der Waals surface area contributed by atoms with E-state index >= 15 is 0 Å². The van der Waals surface area contributed by atoms with Crippen LogP contribution in [0.4, 0.5) is 0 Å². The molecule has 22 heavy (non-hydrogen) atoms. The molecule has 130 valence electrons. The second-order valence-corrected chi connectivity index (χ2v) is 6.12. The molecule has 1 heterocycles. The fourth-order valence-electron chi connectivity index (χ4n) is 2.65. The van der Waals surface area contributed by atoms with E-state index in [0.717, 1.165) is 52.2 Å². The molecule has 1 aliphatic heterocycles. The third-order valence-corrected chi connectivity index (χ3v) is 4.10. The van der Waals surface area contributed by atoms with Crippen molar-refractivity contribution in [3.63, 3.8) is 0 Å². The molecule has 0 aromatic carbocycles. The SMILES string of the molecule is CCCCCCCCN=C(N)NCCCCN1CCOCC1. The van der Waals surface area contributed by atoms with E-state index in [2.05, 4.69) is 22.1 Å². The Morgan fingerprint density at radius 3 is 2.55 bits per heavy atom. The minimum atomic E-state index is 0.611. The van der Waals surface area contributed by atoms with Crippen molar-refractivity contribution in [3.8, 4) is 0 Å². The first-order valence-corrected chi connectivity index (χ1v) is 9.17. The van der Waals surface area contributed by atoms with Crippen molar-refractivity contribution >= 4 is 5.96 Å². The van der Waals surface area contributed by atoms with Crippen molar-refractivity contribution in [2.45, 2.75) is 58.3 Å². The molecule has 1 saturated heterocycles. The van der Waals surface area contributed by atoms with E-state index in [1.807, 2.05) is 0 Å². The number of rotatable bonds is 12. The first-order valence-electron chi connectivity index (χ1n) is 9.17. The van der Waals surface area contributed by atoms with Crippen LogP contribution in [0.2, 0.25) is 0 Å². The van der Waals surface area contributed by atoms with Gasteiger partial charge in [-0.2, -0.15) is 0 Å². The molecule has 0 amide bonds. The highest BCUT2D eigenvalue weighted by Gasteiger charge is 2.08. The molecule has 1 rings (SSSR count). The first kappa shape index (κ1) is 19.2. The molecular formula is C17H36N4O. The van der Waals surface area contributed by atoms with Crippen molar-refractivity contribution in [1.82, 2.24) is 10.2 Å². The number of hydrogen-bond donors (Lipinski definition) is 2. The summed E-state index contributed by atoms with van der Waals surface area (Å²) >= 11 is 0. The standard InChI is InChI=1S/C17H36N4O/c1-2-3-4-5-6-7-10-19-17(18)20-11-8-9-12-21-13-15-22-16-14-21/h2-16H2,1H3,(H3,18,19,20). The van der Waals surface area contributed by atoms with Crippen LogP contribution in [-0.2, 0) is 4.74 Å². The molecule has 0 aromatic rings. The molecule has 0 aliphatic carbocycles. The molecule has 5 heteroatoms.